The lowest BCUT2D eigenvalue weighted by molar-refractivity contribution is 0.274. The molecular weight excluding hydrogens is 402 g/mol. The van der Waals surface area contributed by atoms with Gasteiger partial charge in [-0.3, -0.25) is 0 Å². The molecule has 0 amide bonds. The summed E-state index contributed by atoms with van der Waals surface area (Å²) in [5, 5.41) is 12.2. The number of methoxy groups -OCH3 is 1. The predicted molar refractivity (Wildman–Crippen MR) is 112 cm³/mol. The highest BCUT2D eigenvalue weighted by Crippen LogP contribution is 2.42. The van der Waals surface area contributed by atoms with Gasteiger partial charge in [0.05, 0.1) is 18.4 Å². The SMILES string of the molecule is CNc1nc(CC2CC(OC)=C(c3c(C)cc(Br)cc3C)C2)ccc1C#N. The summed E-state index contributed by atoms with van der Waals surface area (Å²) in [7, 11) is 3.56. The molecule has 1 aromatic carbocycles. The molecule has 1 aliphatic rings. The molecule has 27 heavy (non-hydrogen) atoms. The zero-order chi connectivity index (χ0) is 19.6. The van der Waals surface area contributed by atoms with Crippen LogP contribution in [-0.2, 0) is 11.2 Å². The van der Waals surface area contributed by atoms with Crippen LogP contribution in [0.1, 0.15) is 40.8 Å². The van der Waals surface area contributed by atoms with Crippen molar-refractivity contribution in [2.45, 2.75) is 33.1 Å². The van der Waals surface area contributed by atoms with Crippen molar-refractivity contribution in [3.05, 3.63) is 62.4 Å². The lowest BCUT2D eigenvalue weighted by Crippen LogP contribution is -2.06. The third kappa shape index (κ3) is 4.01. The third-order valence-corrected chi connectivity index (χ3v) is 5.61. The van der Waals surface area contributed by atoms with Gasteiger partial charge in [-0.1, -0.05) is 15.9 Å². The fraction of sp³-hybridized carbons (Fsp3) is 0.364. The van der Waals surface area contributed by atoms with E-state index in [9.17, 15) is 0 Å². The molecule has 1 N–H and O–H groups in total. The monoisotopic (exact) mass is 425 g/mol. The molecular formula is C22H24BrN3O. The molecule has 0 aliphatic heterocycles. The zero-order valence-corrected chi connectivity index (χ0v) is 17.8. The summed E-state index contributed by atoms with van der Waals surface area (Å²) in [6.07, 6.45) is 2.76. The molecule has 0 radical (unpaired) electrons. The van der Waals surface area contributed by atoms with Gasteiger partial charge in [-0.05, 0) is 79.1 Å². The maximum absolute atomic E-state index is 9.17. The molecule has 0 saturated carbocycles. The van der Waals surface area contributed by atoms with E-state index in [2.05, 4.69) is 58.3 Å². The van der Waals surface area contributed by atoms with Crippen molar-refractivity contribution in [1.82, 2.24) is 4.98 Å². The van der Waals surface area contributed by atoms with Crippen molar-refractivity contribution in [3.8, 4) is 6.07 Å². The lowest BCUT2D eigenvalue weighted by atomic mass is 9.92. The number of pyridine rings is 1. The van der Waals surface area contributed by atoms with Crippen molar-refractivity contribution in [2.24, 2.45) is 5.92 Å². The number of nitrogens with one attached hydrogen (secondary N) is 1. The maximum atomic E-state index is 9.17. The summed E-state index contributed by atoms with van der Waals surface area (Å²) in [5.74, 6) is 2.17. The van der Waals surface area contributed by atoms with E-state index in [1.54, 1.807) is 14.2 Å². The Hall–Kier alpha value is -2.32. The van der Waals surface area contributed by atoms with Crippen molar-refractivity contribution < 1.29 is 4.74 Å². The minimum absolute atomic E-state index is 0.447. The number of rotatable bonds is 5. The number of nitriles is 1. The summed E-state index contributed by atoms with van der Waals surface area (Å²) in [6, 6.07) is 10.3. The van der Waals surface area contributed by atoms with Gasteiger partial charge >= 0.3 is 0 Å². The van der Waals surface area contributed by atoms with Crippen LogP contribution in [0.3, 0.4) is 0 Å². The first-order chi connectivity index (χ1) is 13.0. The Labute approximate surface area is 169 Å². The van der Waals surface area contributed by atoms with E-state index in [1.807, 2.05) is 12.1 Å². The summed E-state index contributed by atoms with van der Waals surface area (Å²) < 4.78 is 6.87. The maximum Gasteiger partial charge on any atom is 0.143 e. The van der Waals surface area contributed by atoms with Crippen molar-refractivity contribution in [3.63, 3.8) is 0 Å². The number of aromatic nitrogens is 1. The van der Waals surface area contributed by atoms with Gasteiger partial charge in [0.1, 0.15) is 11.9 Å². The lowest BCUT2D eigenvalue weighted by Gasteiger charge is -2.14. The molecule has 1 aliphatic carbocycles. The molecule has 3 rings (SSSR count). The van der Waals surface area contributed by atoms with Gasteiger partial charge in [0.2, 0.25) is 0 Å². The van der Waals surface area contributed by atoms with Crippen LogP contribution in [0.15, 0.2) is 34.5 Å². The number of benzene rings is 1. The van der Waals surface area contributed by atoms with Gasteiger partial charge in [-0.25, -0.2) is 4.98 Å². The van der Waals surface area contributed by atoms with Crippen LogP contribution in [0.2, 0.25) is 0 Å². The Kier molecular flexibility index (Phi) is 5.86. The average molecular weight is 426 g/mol. The minimum atomic E-state index is 0.447. The first-order valence-electron chi connectivity index (χ1n) is 9.07. The molecule has 4 nitrogen and oxygen atoms in total. The first kappa shape index (κ1) is 19.4. The van der Waals surface area contributed by atoms with E-state index in [4.69, 9.17) is 10.00 Å². The number of allylic oxidation sites excluding steroid dienone is 2. The van der Waals surface area contributed by atoms with E-state index in [1.165, 1.54) is 22.3 Å². The highest BCUT2D eigenvalue weighted by molar-refractivity contribution is 9.10. The molecule has 1 heterocycles. The van der Waals surface area contributed by atoms with Crippen molar-refractivity contribution >= 4 is 27.3 Å². The second-order valence-electron chi connectivity index (χ2n) is 7.06. The van der Waals surface area contributed by atoms with Crippen LogP contribution in [0.5, 0.6) is 0 Å². The van der Waals surface area contributed by atoms with E-state index in [0.717, 1.165) is 35.2 Å². The third-order valence-electron chi connectivity index (χ3n) is 5.16. The number of hydrogen-bond acceptors (Lipinski definition) is 4. The topological polar surface area (TPSA) is 57.9 Å². The highest BCUT2D eigenvalue weighted by Gasteiger charge is 2.28. The molecule has 0 fully saturated rings. The quantitative estimate of drug-likeness (QED) is 0.697. The van der Waals surface area contributed by atoms with Gasteiger partial charge in [0.25, 0.3) is 0 Å². The first-order valence-corrected chi connectivity index (χ1v) is 9.87. The fourth-order valence-corrected chi connectivity index (χ4v) is 4.72. The highest BCUT2D eigenvalue weighted by atomic mass is 79.9. The smallest absolute Gasteiger partial charge is 0.143 e. The summed E-state index contributed by atoms with van der Waals surface area (Å²) in [4.78, 5) is 4.62. The largest absolute Gasteiger partial charge is 0.501 e. The number of ether oxygens (including phenoxy) is 1. The molecule has 2 aromatic rings. The molecule has 140 valence electrons. The molecule has 0 saturated heterocycles. The van der Waals surface area contributed by atoms with Gasteiger partial charge in [0.15, 0.2) is 0 Å². The number of aryl methyl sites for hydroxylation is 2. The van der Waals surface area contributed by atoms with Crippen LogP contribution in [0, 0.1) is 31.1 Å². The summed E-state index contributed by atoms with van der Waals surface area (Å²) in [5.41, 5.74) is 6.73. The van der Waals surface area contributed by atoms with Crippen molar-refractivity contribution in [2.75, 3.05) is 19.5 Å². The van der Waals surface area contributed by atoms with E-state index >= 15 is 0 Å². The summed E-state index contributed by atoms with van der Waals surface area (Å²) in [6.45, 7) is 4.31. The number of nitrogens with zero attached hydrogens (tertiary/aromatic N) is 2. The second-order valence-corrected chi connectivity index (χ2v) is 7.98. The van der Waals surface area contributed by atoms with E-state index in [0.29, 0.717) is 17.3 Å². The Morgan fingerprint density at radius 2 is 1.96 bits per heavy atom. The van der Waals surface area contributed by atoms with Crippen molar-refractivity contribution in [1.29, 1.82) is 5.26 Å². The number of halogens is 1. The molecule has 1 unspecified atom stereocenters. The summed E-state index contributed by atoms with van der Waals surface area (Å²) >= 11 is 3.58. The minimum Gasteiger partial charge on any atom is -0.501 e. The Morgan fingerprint density at radius 1 is 1.26 bits per heavy atom. The number of anilines is 1. The molecule has 0 spiro atoms. The molecule has 1 aromatic heterocycles. The van der Waals surface area contributed by atoms with Crippen LogP contribution < -0.4 is 5.32 Å². The Balaban J connectivity index is 1.85. The standard InChI is InChI=1S/C22H24BrN3O/c1-13-7-17(23)8-14(2)21(13)19-10-15(11-20(19)27-4)9-18-6-5-16(12-24)22(25-3)26-18/h5-8,15H,9-11H2,1-4H3,(H,25,26). The molecule has 0 bridgehead atoms. The Morgan fingerprint density at radius 3 is 2.56 bits per heavy atom. The van der Waals surface area contributed by atoms with Gasteiger partial charge in [-0.2, -0.15) is 5.26 Å². The average Bonchev–Trinajstić information content (AvgIpc) is 3.03. The molecule has 5 heteroatoms. The predicted octanol–water partition coefficient (Wildman–Crippen LogP) is 5.38. The molecule has 1 atom stereocenters. The number of hydrogen-bond donors (Lipinski definition) is 1. The van der Waals surface area contributed by atoms with Crippen LogP contribution >= 0.6 is 15.9 Å². The van der Waals surface area contributed by atoms with Crippen LogP contribution in [0.4, 0.5) is 5.82 Å². The van der Waals surface area contributed by atoms with Crippen LogP contribution in [0.25, 0.3) is 5.57 Å². The van der Waals surface area contributed by atoms with Gasteiger partial charge in [-0.15, -0.1) is 0 Å². The normalized spacial score (nSPS) is 16.4. The van der Waals surface area contributed by atoms with Crippen LogP contribution in [-0.4, -0.2) is 19.1 Å². The van der Waals surface area contributed by atoms with E-state index in [-0.39, 0.29) is 0 Å². The van der Waals surface area contributed by atoms with Gasteiger partial charge < -0.3 is 10.1 Å². The van der Waals surface area contributed by atoms with E-state index < -0.39 is 0 Å². The second kappa shape index (κ2) is 8.14. The zero-order valence-electron chi connectivity index (χ0n) is 16.2. The fourth-order valence-electron chi connectivity index (χ4n) is 4.03. The van der Waals surface area contributed by atoms with Gasteiger partial charge in [0, 0.05) is 23.6 Å². The Bertz CT molecular complexity index is 920.